The molecule has 0 bridgehead atoms. The first-order valence-electron chi connectivity index (χ1n) is 4.42. The monoisotopic (exact) mass is 219 g/mol. The maximum Gasteiger partial charge on any atom is 0.416 e. The molecule has 84 valence electrons. The van der Waals surface area contributed by atoms with Gasteiger partial charge in [0.15, 0.2) is 0 Å². The van der Waals surface area contributed by atoms with Crippen LogP contribution >= 0.6 is 0 Å². The summed E-state index contributed by atoms with van der Waals surface area (Å²) in [5.74, 6) is 0.202. The summed E-state index contributed by atoms with van der Waals surface area (Å²) in [6.07, 6.45) is -3.95. The number of nitrogens with two attached hydrogens (primary N) is 1. The molecule has 0 heterocycles. The lowest BCUT2D eigenvalue weighted by Crippen LogP contribution is -2.08. The number of hydrogen-bond donors (Lipinski definition) is 1. The van der Waals surface area contributed by atoms with Crippen LogP contribution in [0.3, 0.4) is 0 Å². The van der Waals surface area contributed by atoms with Gasteiger partial charge in [0.1, 0.15) is 5.75 Å². The fourth-order valence-corrected chi connectivity index (χ4v) is 1.25. The lowest BCUT2D eigenvalue weighted by Gasteiger charge is -2.11. The Morgan fingerprint density at radius 3 is 2.40 bits per heavy atom. The molecule has 0 aliphatic rings. The Labute approximate surface area is 85.8 Å². The fourth-order valence-electron chi connectivity index (χ4n) is 1.25. The third-order valence-corrected chi connectivity index (χ3v) is 1.96. The van der Waals surface area contributed by atoms with Crippen LogP contribution < -0.4 is 10.5 Å². The Balaban J connectivity index is 3.11. The van der Waals surface area contributed by atoms with E-state index in [1.807, 2.05) is 0 Å². The normalized spacial score (nSPS) is 11.5. The standard InChI is InChI=1S/C10H12F3NO/c1-15-9-5-7(2-3-14)4-8(6-9)10(11,12)13/h4-6H,2-3,14H2,1H3. The summed E-state index contributed by atoms with van der Waals surface area (Å²) in [6.45, 7) is 0.310. The first-order chi connectivity index (χ1) is 6.97. The molecule has 0 radical (unpaired) electrons. The van der Waals surface area contributed by atoms with Crippen molar-refractivity contribution < 1.29 is 17.9 Å². The minimum atomic E-state index is -4.35. The van der Waals surface area contributed by atoms with Crippen LogP contribution in [0.15, 0.2) is 18.2 Å². The molecule has 1 rings (SSSR count). The van der Waals surface area contributed by atoms with E-state index in [2.05, 4.69) is 0 Å². The van der Waals surface area contributed by atoms with Crippen LogP contribution in [0.2, 0.25) is 0 Å². The predicted molar refractivity (Wildman–Crippen MR) is 50.8 cm³/mol. The Hall–Kier alpha value is -1.23. The van der Waals surface area contributed by atoms with Crippen molar-refractivity contribution in [1.29, 1.82) is 0 Å². The average Bonchev–Trinajstić information content (AvgIpc) is 2.16. The van der Waals surface area contributed by atoms with E-state index in [4.69, 9.17) is 10.5 Å². The zero-order valence-corrected chi connectivity index (χ0v) is 8.27. The fraction of sp³-hybridized carbons (Fsp3) is 0.400. The van der Waals surface area contributed by atoms with E-state index in [0.29, 0.717) is 18.5 Å². The van der Waals surface area contributed by atoms with Crippen molar-refractivity contribution in [3.63, 3.8) is 0 Å². The van der Waals surface area contributed by atoms with Gasteiger partial charge < -0.3 is 10.5 Å². The summed E-state index contributed by atoms with van der Waals surface area (Å²) in [6, 6.07) is 3.62. The first-order valence-corrected chi connectivity index (χ1v) is 4.42. The molecular formula is C10H12F3NO. The number of alkyl halides is 3. The van der Waals surface area contributed by atoms with Crippen LogP contribution in [0.1, 0.15) is 11.1 Å². The molecule has 0 saturated heterocycles. The Morgan fingerprint density at radius 2 is 1.93 bits per heavy atom. The molecule has 0 atom stereocenters. The lowest BCUT2D eigenvalue weighted by molar-refractivity contribution is -0.137. The number of rotatable bonds is 3. The van der Waals surface area contributed by atoms with Gasteiger partial charge in [0.05, 0.1) is 12.7 Å². The molecule has 0 amide bonds. The summed E-state index contributed by atoms with van der Waals surface area (Å²) < 4.78 is 42.1. The molecule has 2 N–H and O–H groups in total. The molecule has 1 aromatic carbocycles. The van der Waals surface area contributed by atoms with E-state index in [1.165, 1.54) is 7.11 Å². The first kappa shape index (κ1) is 11.8. The number of benzene rings is 1. The van der Waals surface area contributed by atoms with Gasteiger partial charge in [0.2, 0.25) is 0 Å². The average molecular weight is 219 g/mol. The van der Waals surface area contributed by atoms with E-state index in [9.17, 15) is 13.2 Å². The van der Waals surface area contributed by atoms with Crippen LogP contribution in [0.4, 0.5) is 13.2 Å². The van der Waals surface area contributed by atoms with Crippen LogP contribution in [-0.2, 0) is 12.6 Å². The molecule has 0 unspecified atom stereocenters. The molecule has 0 spiro atoms. The molecule has 0 aliphatic carbocycles. The zero-order chi connectivity index (χ0) is 11.5. The quantitative estimate of drug-likeness (QED) is 0.845. The van der Waals surface area contributed by atoms with E-state index in [0.717, 1.165) is 12.1 Å². The SMILES string of the molecule is COc1cc(CCN)cc(C(F)(F)F)c1. The van der Waals surface area contributed by atoms with Crippen molar-refractivity contribution in [3.05, 3.63) is 29.3 Å². The molecule has 2 nitrogen and oxygen atoms in total. The smallest absolute Gasteiger partial charge is 0.416 e. The largest absolute Gasteiger partial charge is 0.497 e. The minimum Gasteiger partial charge on any atom is -0.497 e. The van der Waals surface area contributed by atoms with Crippen LogP contribution in [0.5, 0.6) is 5.75 Å². The second kappa shape index (κ2) is 4.53. The van der Waals surface area contributed by atoms with Crippen LogP contribution in [0, 0.1) is 0 Å². The number of methoxy groups -OCH3 is 1. The second-order valence-electron chi connectivity index (χ2n) is 3.11. The Kier molecular flexibility index (Phi) is 3.57. The molecule has 0 aliphatic heterocycles. The lowest BCUT2D eigenvalue weighted by atomic mass is 10.1. The van der Waals surface area contributed by atoms with E-state index in [-0.39, 0.29) is 5.75 Å². The molecule has 15 heavy (non-hydrogen) atoms. The van der Waals surface area contributed by atoms with Gasteiger partial charge in [0.25, 0.3) is 0 Å². The van der Waals surface area contributed by atoms with Gasteiger partial charge in [-0.2, -0.15) is 13.2 Å². The molecule has 5 heteroatoms. The topological polar surface area (TPSA) is 35.2 Å². The van der Waals surface area contributed by atoms with Crippen molar-refractivity contribution in [3.8, 4) is 5.75 Å². The van der Waals surface area contributed by atoms with Crippen molar-refractivity contribution in [2.45, 2.75) is 12.6 Å². The highest BCUT2D eigenvalue weighted by Crippen LogP contribution is 2.32. The maximum atomic E-state index is 12.4. The van der Waals surface area contributed by atoms with Crippen molar-refractivity contribution in [2.24, 2.45) is 5.73 Å². The summed E-state index contributed by atoms with van der Waals surface area (Å²) in [5.41, 5.74) is 5.12. The number of ether oxygens (including phenoxy) is 1. The van der Waals surface area contributed by atoms with Crippen molar-refractivity contribution in [2.75, 3.05) is 13.7 Å². The van der Waals surface area contributed by atoms with Gasteiger partial charge in [-0.1, -0.05) is 0 Å². The number of hydrogen-bond acceptors (Lipinski definition) is 2. The highest BCUT2D eigenvalue weighted by atomic mass is 19.4. The summed E-state index contributed by atoms with van der Waals surface area (Å²) in [7, 11) is 1.34. The molecule has 0 fully saturated rings. The molecule has 0 saturated carbocycles. The van der Waals surface area contributed by atoms with Crippen molar-refractivity contribution >= 4 is 0 Å². The van der Waals surface area contributed by atoms with E-state index < -0.39 is 11.7 Å². The predicted octanol–water partition coefficient (Wildman–Crippen LogP) is 2.22. The number of halogens is 3. The minimum absolute atomic E-state index is 0.202. The third kappa shape index (κ3) is 3.13. The van der Waals surface area contributed by atoms with E-state index in [1.54, 1.807) is 6.07 Å². The highest BCUT2D eigenvalue weighted by Gasteiger charge is 2.31. The van der Waals surface area contributed by atoms with Gasteiger partial charge in [0, 0.05) is 0 Å². The van der Waals surface area contributed by atoms with Gasteiger partial charge >= 0.3 is 6.18 Å². The molecule has 0 aromatic heterocycles. The van der Waals surface area contributed by atoms with E-state index >= 15 is 0 Å². The van der Waals surface area contributed by atoms with Crippen LogP contribution in [-0.4, -0.2) is 13.7 Å². The Morgan fingerprint density at radius 1 is 1.27 bits per heavy atom. The van der Waals surface area contributed by atoms with Gasteiger partial charge in [-0.3, -0.25) is 0 Å². The summed E-state index contributed by atoms with van der Waals surface area (Å²) in [4.78, 5) is 0. The maximum absolute atomic E-state index is 12.4. The Bertz CT molecular complexity index is 336. The third-order valence-electron chi connectivity index (χ3n) is 1.96. The summed E-state index contributed by atoms with van der Waals surface area (Å²) in [5, 5.41) is 0. The highest BCUT2D eigenvalue weighted by molar-refractivity contribution is 5.36. The van der Waals surface area contributed by atoms with Gasteiger partial charge in [-0.05, 0) is 36.7 Å². The van der Waals surface area contributed by atoms with Crippen molar-refractivity contribution in [1.82, 2.24) is 0 Å². The van der Waals surface area contributed by atoms with Gasteiger partial charge in [-0.25, -0.2) is 0 Å². The molecule has 1 aromatic rings. The zero-order valence-electron chi connectivity index (χ0n) is 8.27. The van der Waals surface area contributed by atoms with Gasteiger partial charge in [-0.15, -0.1) is 0 Å². The molecular weight excluding hydrogens is 207 g/mol. The summed E-state index contributed by atoms with van der Waals surface area (Å²) >= 11 is 0. The second-order valence-corrected chi connectivity index (χ2v) is 3.11. The van der Waals surface area contributed by atoms with Crippen LogP contribution in [0.25, 0.3) is 0 Å².